The second-order valence-electron chi connectivity index (χ2n) is 7.27. The van der Waals surface area contributed by atoms with Crippen molar-refractivity contribution in [3.05, 3.63) is 76.3 Å². The number of benzene rings is 2. The summed E-state index contributed by atoms with van der Waals surface area (Å²) < 4.78 is 8.15. The molecule has 1 N–H and O–H groups in total. The van der Waals surface area contributed by atoms with Crippen molar-refractivity contribution in [1.82, 2.24) is 20.4 Å². The number of para-hydroxylation sites is 1. The molecule has 0 saturated heterocycles. The summed E-state index contributed by atoms with van der Waals surface area (Å²) in [6.45, 7) is 4.70. The summed E-state index contributed by atoms with van der Waals surface area (Å²) in [6, 6.07) is 16.4. The molecular formula is C23H23I2N5OS3. The zero-order chi connectivity index (χ0) is 23.9. The number of nitrogens with zero attached hydrogens (tertiary/aromatic N) is 4. The van der Waals surface area contributed by atoms with Gasteiger partial charge in [-0.3, -0.25) is 0 Å². The highest BCUT2D eigenvalue weighted by Gasteiger charge is 2.22. The Labute approximate surface area is 239 Å². The van der Waals surface area contributed by atoms with Crippen LogP contribution in [0.4, 0.5) is 5.13 Å². The Morgan fingerprint density at radius 1 is 0.941 bits per heavy atom. The Kier molecular flexibility index (Phi) is 9.80. The highest BCUT2D eigenvalue weighted by Crippen LogP contribution is 2.37. The maximum absolute atomic E-state index is 5.82. The highest BCUT2D eigenvalue weighted by molar-refractivity contribution is 14.1. The molecule has 0 amide bonds. The lowest BCUT2D eigenvalue weighted by Gasteiger charge is -2.11. The highest BCUT2D eigenvalue weighted by atomic mass is 127. The molecule has 0 aliphatic rings. The predicted molar refractivity (Wildman–Crippen MR) is 159 cm³/mol. The van der Waals surface area contributed by atoms with E-state index in [9.17, 15) is 0 Å². The monoisotopic (exact) mass is 735 g/mol. The first kappa shape index (κ1) is 26.0. The number of aromatic nitrogens is 4. The fourth-order valence-electron chi connectivity index (χ4n) is 3.23. The van der Waals surface area contributed by atoms with Gasteiger partial charge in [0.2, 0.25) is 5.13 Å². The van der Waals surface area contributed by atoms with Gasteiger partial charge in [-0.2, -0.15) is 11.8 Å². The number of ether oxygens (including phenoxy) is 1. The summed E-state index contributed by atoms with van der Waals surface area (Å²) >= 11 is 9.78. The Bertz CT molecular complexity index is 1220. The summed E-state index contributed by atoms with van der Waals surface area (Å²) in [7, 11) is 0. The molecule has 4 aromatic rings. The van der Waals surface area contributed by atoms with Crippen LogP contribution in [0.5, 0.6) is 5.75 Å². The minimum atomic E-state index is 0.196. The van der Waals surface area contributed by atoms with Crippen molar-refractivity contribution in [2.75, 3.05) is 17.8 Å². The average Bonchev–Trinajstić information content (AvgIpc) is 3.50. The van der Waals surface area contributed by atoms with Gasteiger partial charge >= 0.3 is 0 Å². The lowest BCUT2D eigenvalue weighted by Crippen LogP contribution is -2.09. The third kappa shape index (κ3) is 6.80. The number of thioether (sulfide) groups is 1. The zero-order valence-electron chi connectivity index (χ0n) is 18.6. The minimum Gasteiger partial charge on any atom is -0.472 e. The second-order valence-corrected chi connectivity index (χ2v) is 13.2. The molecule has 6 nitrogen and oxygen atoms in total. The number of nitrogens with one attached hydrogen (secondary N) is 1. The van der Waals surface area contributed by atoms with Crippen LogP contribution < -0.4 is 10.1 Å². The van der Waals surface area contributed by atoms with Crippen molar-refractivity contribution >= 4 is 84.7 Å². The topological polar surface area (TPSA) is 72.8 Å². The Morgan fingerprint density at radius 3 is 2.44 bits per heavy atom. The van der Waals surface area contributed by atoms with Crippen molar-refractivity contribution in [3.63, 3.8) is 0 Å². The van der Waals surface area contributed by atoms with E-state index < -0.39 is 0 Å². The molecule has 2 unspecified atom stereocenters. The molecule has 0 saturated carbocycles. The van der Waals surface area contributed by atoms with E-state index in [1.165, 1.54) is 9.13 Å². The third-order valence-electron chi connectivity index (χ3n) is 4.96. The van der Waals surface area contributed by atoms with E-state index in [0.717, 1.165) is 41.6 Å². The molecule has 2 atom stereocenters. The van der Waals surface area contributed by atoms with Crippen molar-refractivity contribution < 1.29 is 4.74 Å². The van der Waals surface area contributed by atoms with Gasteiger partial charge in [-0.25, -0.2) is 0 Å². The van der Waals surface area contributed by atoms with Crippen molar-refractivity contribution in [2.45, 2.75) is 31.4 Å². The summed E-state index contributed by atoms with van der Waals surface area (Å²) in [4.78, 5) is 0. The van der Waals surface area contributed by atoms with Gasteiger partial charge in [-0.1, -0.05) is 55.5 Å². The third-order valence-corrected chi connectivity index (χ3v) is 10.2. The minimum absolute atomic E-state index is 0.196. The van der Waals surface area contributed by atoms with E-state index >= 15 is 0 Å². The van der Waals surface area contributed by atoms with E-state index in [1.807, 2.05) is 36.0 Å². The van der Waals surface area contributed by atoms with E-state index in [4.69, 9.17) is 4.74 Å². The van der Waals surface area contributed by atoms with Crippen molar-refractivity contribution in [1.29, 1.82) is 0 Å². The normalized spacial score (nSPS) is 12.9. The largest absolute Gasteiger partial charge is 0.472 e. The molecule has 34 heavy (non-hydrogen) atoms. The van der Waals surface area contributed by atoms with E-state index in [-0.39, 0.29) is 11.2 Å². The summed E-state index contributed by atoms with van der Waals surface area (Å²) in [6.07, 6.45) is 0.794. The number of rotatable bonds is 11. The van der Waals surface area contributed by atoms with Crippen LogP contribution in [0.25, 0.3) is 0 Å². The Morgan fingerprint density at radius 2 is 1.68 bits per heavy atom. The molecule has 0 fully saturated rings. The average molecular weight is 735 g/mol. The maximum atomic E-state index is 5.82. The molecule has 0 spiro atoms. The van der Waals surface area contributed by atoms with Gasteiger partial charge in [-0.05, 0) is 74.7 Å². The second kappa shape index (κ2) is 12.8. The Balaban J connectivity index is 1.39. The summed E-state index contributed by atoms with van der Waals surface area (Å²) in [5, 5.41) is 25.1. The SMILES string of the molecule is CCSC(Cc1nnc(C(C)c2ccccc2I)s1)c1nnc(NCOc2ccccc2I)s1. The molecule has 0 radical (unpaired) electrons. The fourth-order valence-corrected chi connectivity index (χ4v) is 7.62. The Hall–Kier alpha value is -1.03. The molecule has 0 aliphatic carbocycles. The van der Waals surface area contributed by atoms with Gasteiger partial charge in [0.1, 0.15) is 20.8 Å². The number of anilines is 1. The number of halogens is 2. The number of hydrogen-bond donors (Lipinski definition) is 1. The predicted octanol–water partition coefficient (Wildman–Crippen LogP) is 7.24. The van der Waals surface area contributed by atoms with Crippen molar-refractivity contribution in [2.24, 2.45) is 0 Å². The van der Waals surface area contributed by atoms with Gasteiger partial charge in [0, 0.05) is 15.9 Å². The summed E-state index contributed by atoms with van der Waals surface area (Å²) in [5.74, 6) is 2.07. The van der Waals surface area contributed by atoms with Crippen LogP contribution in [-0.4, -0.2) is 32.9 Å². The van der Waals surface area contributed by atoms with Crippen LogP contribution in [0.2, 0.25) is 0 Å². The molecule has 4 rings (SSSR count). The van der Waals surface area contributed by atoms with E-state index in [1.54, 1.807) is 22.7 Å². The number of hydrogen-bond acceptors (Lipinski definition) is 9. The molecule has 0 aliphatic heterocycles. The van der Waals surface area contributed by atoms with Crippen LogP contribution in [0.15, 0.2) is 48.5 Å². The van der Waals surface area contributed by atoms with E-state index in [0.29, 0.717) is 6.73 Å². The first-order valence-electron chi connectivity index (χ1n) is 10.7. The van der Waals surface area contributed by atoms with Gasteiger partial charge in [-0.15, -0.1) is 31.7 Å². The smallest absolute Gasteiger partial charge is 0.208 e. The lowest BCUT2D eigenvalue weighted by molar-refractivity contribution is 0.344. The molecular weight excluding hydrogens is 712 g/mol. The van der Waals surface area contributed by atoms with Gasteiger partial charge in [0.05, 0.1) is 8.82 Å². The van der Waals surface area contributed by atoms with Crippen molar-refractivity contribution in [3.8, 4) is 5.75 Å². The van der Waals surface area contributed by atoms with Crippen LogP contribution in [-0.2, 0) is 6.42 Å². The van der Waals surface area contributed by atoms with Crippen LogP contribution >= 0.6 is 79.6 Å². The van der Waals surface area contributed by atoms with E-state index in [2.05, 4.69) is 109 Å². The molecule has 11 heteroatoms. The quantitative estimate of drug-likeness (QED) is 0.129. The first-order chi connectivity index (χ1) is 16.5. The fraction of sp³-hybridized carbons (Fsp3) is 0.304. The molecule has 2 aromatic carbocycles. The zero-order valence-corrected chi connectivity index (χ0v) is 25.3. The van der Waals surface area contributed by atoms with Crippen LogP contribution in [0, 0.1) is 7.14 Å². The van der Waals surface area contributed by atoms with Gasteiger partial charge in [0.15, 0.2) is 6.73 Å². The molecule has 178 valence electrons. The standard InChI is InChI=1S/C23H23I2N5OS3/c1-3-32-19(12-20-27-28-21(33-20)14(2)15-8-4-5-9-16(15)24)22-29-30-23(34-22)26-13-31-18-11-7-6-10-17(18)25/h4-11,14,19H,3,12-13H2,1-2H3,(H,26,30). The first-order valence-corrected chi connectivity index (χ1v) is 15.5. The van der Waals surface area contributed by atoms with Crippen LogP contribution in [0.1, 0.15) is 45.6 Å². The summed E-state index contributed by atoms with van der Waals surface area (Å²) in [5.41, 5.74) is 1.29. The molecule has 2 aromatic heterocycles. The maximum Gasteiger partial charge on any atom is 0.208 e. The van der Waals surface area contributed by atoms with Gasteiger partial charge in [0.25, 0.3) is 0 Å². The molecule has 0 bridgehead atoms. The molecule has 2 heterocycles. The lowest BCUT2D eigenvalue weighted by atomic mass is 10.0. The van der Waals surface area contributed by atoms with Crippen LogP contribution in [0.3, 0.4) is 0 Å². The van der Waals surface area contributed by atoms with Gasteiger partial charge < -0.3 is 10.1 Å².